The second-order valence-corrected chi connectivity index (χ2v) is 5.43. The van der Waals surface area contributed by atoms with Crippen molar-refractivity contribution in [3.05, 3.63) is 16.3 Å². The van der Waals surface area contributed by atoms with Crippen molar-refractivity contribution in [2.24, 2.45) is 5.92 Å². The van der Waals surface area contributed by atoms with Gasteiger partial charge < -0.3 is 10.2 Å². The highest BCUT2D eigenvalue weighted by molar-refractivity contribution is 5.59. The minimum Gasteiger partial charge on any atom is -0.354 e. The molecule has 2 heterocycles. The standard InChI is InChI=1S/C14H23N5O2/c1-3-7-15-14-16-10-12(19(20)21)13(17-14)18-8-5-11(4-2)6-9-18/h10-11H,3-9H2,1-2H3,(H,15,16,17). The average molecular weight is 293 g/mol. The number of hydrogen-bond acceptors (Lipinski definition) is 6. The van der Waals surface area contributed by atoms with Crippen molar-refractivity contribution in [2.75, 3.05) is 29.9 Å². The summed E-state index contributed by atoms with van der Waals surface area (Å²) in [6.07, 6.45) is 5.57. The number of piperidine rings is 1. The Balaban J connectivity index is 2.20. The lowest BCUT2D eigenvalue weighted by Gasteiger charge is -2.32. The van der Waals surface area contributed by atoms with Crippen molar-refractivity contribution in [1.82, 2.24) is 9.97 Å². The van der Waals surface area contributed by atoms with Gasteiger partial charge in [0.15, 0.2) is 0 Å². The molecule has 0 aromatic carbocycles. The second-order valence-electron chi connectivity index (χ2n) is 5.43. The van der Waals surface area contributed by atoms with Crippen LogP contribution in [-0.4, -0.2) is 34.5 Å². The molecule has 1 aliphatic rings. The highest BCUT2D eigenvalue weighted by atomic mass is 16.6. The average Bonchev–Trinajstić information content (AvgIpc) is 2.52. The van der Waals surface area contributed by atoms with Crippen LogP contribution < -0.4 is 10.2 Å². The van der Waals surface area contributed by atoms with Crippen LogP contribution in [0.25, 0.3) is 0 Å². The first-order chi connectivity index (χ1) is 10.2. The largest absolute Gasteiger partial charge is 0.354 e. The molecule has 0 spiro atoms. The van der Waals surface area contributed by atoms with Crippen LogP contribution in [0.4, 0.5) is 17.5 Å². The molecule has 116 valence electrons. The summed E-state index contributed by atoms with van der Waals surface area (Å²) >= 11 is 0. The maximum Gasteiger partial charge on any atom is 0.329 e. The molecule has 1 saturated heterocycles. The number of anilines is 2. The summed E-state index contributed by atoms with van der Waals surface area (Å²) in [5.41, 5.74) is -0.00741. The Kier molecular flexibility index (Phi) is 5.30. The van der Waals surface area contributed by atoms with Crippen molar-refractivity contribution in [3.8, 4) is 0 Å². The first-order valence-electron chi connectivity index (χ1n) is 7.66. The van der Waals surface area contributed by atoms with Gasteiger partial charge in [0.25, 0.3) is 0 Å². The number of nitrogens with one attached hydrogen (secondary N) is 1. The predicted octanol–water partition coefficient (Wildman–Crippen LogP) is 2.83. The van der Waals surface area contributed by atoms with Crippen LogP contribution >= 0.6 is 0 Å². The normalized spacial score (nSPS) is 16.0. The van der Waals surface area contributed by atoms with Crippen molar-refractivity contribution in [1.29, 1.82) is 0 Å². The topological polar surface area (TPSA) is 84.2 Å². The molecule has 0 unspecified atom stereocenters. The van der Waals surface area contributed by atoms with Crippen LogP contribution in [0.15, 0.2) is 6.20 Å². The summed E-state index contributed by atoms with van der Waals surface area (Å²) in [5.74, 6) is 1.64. The Morgan fingerprint density at radius 3 is 2.71 bits per heavy atom. The van der Waals surface area contributed by atoms with Gasteiger partial charge in [-0.3, -0.25) is 10.1 Å². The summed E-state index contributed by atoms with van der Waals surface area (Å²) in [6, 6.07) is 0. The summed E-state index contributed by atoms with van der Waals surface area (Å²) in [4.78, 5) is 21.2. The quantitative estimate of drug-likeness (QED) is 0.641. The minimum atomic E-state index is -0.398. The molecule has 0 bridgehead atoms. The fourth-order valence-corrected chi connectivity index (χ4v) is 2.60. The van der Waals surface area contributed by atoms with E-state index in [2.05, 4.69) is 29.1 Å². The molecule has 1 fully saturated rings. The van der Waals surface area contributed by atoms with Gasteiger partial charge in [0.2, 0.25) is 11.8 Å². The van der Waals surface area contributed by atoms with Crippen molar-refractivity contribution in [3.63, 3.8) is 0 Å². The summed E-state index contributed by atoms with van der Waals surface area (Å²) in [6.45, 7) is 6.65. The van der Waals surface area contributed by atoms with E-state index >= 15 is 0 Å². The monoisotopic (exact) mass is 293 g/mol. The van der Waals surface area contributed by atoms with Crippen molar-refractivity contribution < 1.29 is 4.92 Å². The molecule has 0 amide bonds. The summed E-state index contributed by atoms with van der Waals surface area (Å²) < 4.78 is 0. The maximum absolute atomic E-state index is 11.2. The van der Waals surface area contributed by atoms with Crippen LogP contribution in [0.3, 0.4) is 0 Å². The van der Waals surface area contributed by atoms with Crippen LogP contribution in [0.2, 0.25) is 0 Å². The SMILES string of the molecule is CCCNc1ncc([N+](=O)[O-])c(N2CCC(CC)CC2)n1. The van der Waals surface area contributed by atoms with Gasteiger partial charge in [-0.05, 0) is 25.2 Å². The third-order valence-corrected chi connectivity index (χ3v) is 3.97. The van der Waals surface area contributed by atoms with E-state index in [4.69, 9.17) is 0 Å². The minimum absolute atomic E-state index is 0.00741. The van der Waals surface area contributed by atoms with Crippen molar-refractivity contribution in [2.45, 2.75) is 39.5 Å². The fourth-order valence-electron chi connectivity index (χ4n) is 2.60. The van der Waals surface area contributed by atoms with Crippen LogP contribution in [-0.2, 0) is 0 Å². The van der Waals surface area contributed by atoms with Gasteiger partial charge in [-0.2, -0.15) is 4.98 Å². The van der Waals surface area contributed by atoms with E-state index in [1.807, 2.05) is 4.90 Å². The zero-order valence-corrected chi connectivity index (χ0v) is 12.7. The van der Waals surface area contributed by atoms with E-state index in [1.165, 1.54) is 12.6 Å². The second kappa shape index (κ2) is 7.19. The molecule has 21 heavy (non-hydrogen) atoms. The number of nitro groups is 1. The van der Waals surface area contributed by atoms with Gasteiger partial charge in [-0.15, -0.1) is 0 Å². The Labute approximate surface area is 124 Å². The van der Waals surface area contributed by atoms with Gasteiger partial charge >= 0.3 is 5.69 Å². The number of nitrogens with zero attached hydrogens (tertiary/aromatic N) is 4. The van der Waals surface area contributed by atoms with Gasteiger partial charge in [-0.1, -0.05) is 20.3 Å². The Bertz CT molecular complexity index is 486. The number of rotatable bonds is 6. The van der Waals surface area contributed by atoms with E-state index in [9.17, 15) is 10.1 Å². The van der Waals surface area contributed by atoms with Gasteiger partial charge in [0, 0.05) is 19.6 Å². The molecule has 1 aliphatic heterocycles. The summed E-state index contributed by atoms with van der Waals surface area (Å²) in [7, 11) is 0. The maximum atomic E-state index is 11.2. The van der Waals surface area contributed by atoms with Gasteiger partial charge in [-0.25, -0.2) is 4.98 Å². The summed E-state index contributed by atoms with van der Waals surface area (Å²) in [5, 5.41) is 14.3. The predicted molar refractivity (Wildman–Crippen MR) is 82.7 cm³/mol. The molecular weight excluding hydrogens is 270 g/mol. The molecule has 2 rings (SSSR count). The lowest BCUT2D eigenvalue weighted by Crippen LogP contribution is -2.34. The molecular formula is C14H23N5O2. The van der Waals surface area contributed by atoms with Gasteiger partial charge in [0.05, 0.1) is 4.92 Å². The van der Waals surface area contributed by atoms with E-state index in [0.717, 1.165) is 44.8 Å². The van der Waals surface area contributed by atoms with Crippen LogP contribution in [0.5, 0.6) is 0 Å². The highest BCUT2D eigenvalue weighted by Gasteiger charge is 2.26. The molecule has 7 heteroatoms. The van der Waals surface area contributed by atoms with E-state index in [0.29, 0.717) is 11.8 Å². The molecule has 0 atom stereocenters. The third-order valence-electron chi connectivity index (χ3n) is 3.97. The van der Waals surface area contributed by atoms with Crippen LogP contribution in [0.1, 0.15) is 39.5 Å². The smallest absolute Gasteiger partial charge is 0.329 e. The van der Waals surface area contributed by atoms with E-state index < -0.39 is 4.92 Å². The molecule has 7 nitrogen and oxygen atoms in total. The Morgan fingerprint density at radius 2 is 2.14 bits per heavy atom. The number of hydrogen-bond donors (Lipinski definition) is 1. The zero-order chi connectivity index (χ0) is 15.2. The molecule has 1 aromatic rings. The van der Waals surface area contributed by atoms with Crippen molar-refractivity contribution >= 4 is 17.5 Å². The molecule has 0 radical (unpaired) electrons. The molecule has 0 aliphatic carbocycles. The molecule has 1 aromatic heterocycles. The Hall–Kier alpha value is -1.92. The Morgan fingerprint density at radius 1 is 1.43 bits per heavy atom. The first kappa shape index (κ1) is 15.5. The first-order valence-corrected chi connectivity index (χ1v) is 7.66. The lowest BCUT2D eigenvalue weighted by atomic mass is 9.94. The van der Waals surface area contributed by atoms with Gasteiger partial charge in [0.1, 0.15) is 6.20 Å². The number of aromatic nitrogens is 2. The zero-order valence-electron chi connectivity index (χ0n) is 12.7. The van der Waals surface area contributed by atoms with Crippen LogP contribution in [0, 0.1) is 16.0 Å². The lowest BCUT2D eigenvalue weighted by molar-refractivity contribution is -0.384. The third kappa shape index (κ3) is 3.80. The van der Waals surface area contributed by atoms with E-state index in [-0.39, 0.29) is 5.69 Å². The molecule has 1 N–H and O–H groups in total. The highest BCUT2D eigenvalue weighted by Crippen LogP contribution is 2.30. The fraction of sp³-hybridized carbons (Fsp3) is 0.714. The molecule has 0 saturated carbocycles. The van der Waals surface area contributed by atoms with E-state index in [1.54, 1.807) is 0 Å².